The molecule has 1 aromatic rings. The van der Waals surface area contributed by atoms with Crippen LogP contribution < -0.4 is 10.9 Å². The first-order chi connectivity index (χ1) is 12.9. The number of sulfonamides is 1. The first-order valence-electron chi connectivity index (χ1n) is 9.87. The van der Waals surface area contributed by atoms with Crippen molar-refractivity contribution in [1.29, 1.82) is 0 Å². The smallest absolute Gasteiger partial charge is 0.243 e. The lowest BCUT2D eigenvalue weighted by atomic mass is 9.92. The third-order valence-corrected chi connectivity index (χ3v) is 7.79. The Labute approximate surface area is 161 Å². The summed E-state index contributed by atoms with van der Waals surface area (Å²) in [4.78, 5) is 14.7. The maximum absolute atomic E-state index is 13.0. The number of rotatable bonds is 3. The van der Waals surface area contributed by atoms with Gasteiger partial charge in [0, 0.05) is 32.2 Å². The van der Waals surface area contributed by atoms with E-state index in [9.17, 15) is 13.2 Å². The highest BCUT2D eigenvalue weighted by atomic mass is 32.2. The number of carbonyl (C=O) groups excluding carboxylic acids is 1. The van der Waals surface area contributed by atoms with Crippen molar-refractivity contribution >= 4 is 15.9 Å². The Hall–Kier alpha value is -1.48. The number of carbonyl (C=O) groups is 1. The number of hydrazine groups is 1. The van der Waals surface area contributed by atoms with Crippen molar-refractivity contribution in [3.05, 3.63) is 29.3 Å². The highest BCUT2D eigenvalue weighted by Gasteiger charge is 2.35. The third-order valence-electron chi connectivity index (χ3n) is 5.90. The SMILES string of the molecule is CC1CC(C(=O)N2CCN(S(=O)(=O)c3ccc4c(c3)CCCC4)CC2)NN1. The van der Waals surface area contributed by atoms with Crippen molar-refractivity contribution in [3.8, 4) is 0 Å². The minimum absolute atomic E-state index is 0.0534. The van der Waals surface area contributed by atoms with Crippen LogP contribution in [0, 0.1) is 0 Å². The largest absolute Gasteiger partial charge is 0.339 e. The summed E-state index contributed by atoms with van der Waals surface area (Å²) in [5.74, 6) is 0.0534. The van der Waals surface area contributed by atoms with Gasteiger partial charge in [-0.2, -0.15) is 4.31 Å². The Morgan fingerprint density at radius 2 is 1.74 bits per heavy atom. The van der Waals surface area contributed by atoms with Crippen LogP contribution in [0.4, 0.5) is 0 Å². The molecule has 2 heterocycles. The number of hydrogen-bond donors (Lipinski definition) is 2. The summed E-state index contributed by atoms with van der Waals surface area (Å²) in [6, 6.07) is 5.62. The average molecular weight is 393 g/mol. The van der Waals surface area contributed by atoms with Gasteiger partial charge in [0.1, 0.15) is 6.04 Å². The number of nitrogens with zero attached hydrogens (tertiary/aromatic N) is 2. The maximum atomic E-state index is 13.0. The van der Waals surface area contributed by atoms with Gasteiger partial charge in [-0.3, -0.25) is 10.2 Å². The Bertz CT molecular complexity index is 818. The number of piperazine rings is 1. The minimum atomic E-state index is -3.51. The van der Waals surface area contributed by atoms with E-state index in [-0.39, 0.29) is 18.0 Å². The zero-order valence-corrected chi connectivity index (χ0v) is 16.6. The molecule has 0 bridgehead atoms. The lowest BCUT2D eigenvalue weighted by Gasteiger charge is -2.35. The molecule has 1 aliphatic carbocycles. The molecule has 8 heteroatoms. The first kappa shape index (κ1) is 18.9. The molecule has 2 fully saturated rings. The molecule has 0 spiro atoms. The van der Waals surface area contributed by atoms with Crippen molar-refractivity contribution < 1.29 is 13.2 Å². The molecule has 148 valence electrons. The van der Waals surface area contributed by atoms with Crippen molar-refractivity contribution in [2.24, 2.45) is 0 Å². The van der Waals surface area contributed by atoms with Crippen LogP contribution >= 0.6 is 0 Å². The second kappa shape index (κ2) is 7.50. The van der Waals surface area contributed by atoms with Gasteiger partial charge in [-0.15, -0.1) is 0 Å². The summed E-state index contributed by atoms with van der Waals surface area (Å²) in [5, 5.41) is 0. The molecule has 0 radical (unpaired) electrons. The van der Waals surface area contributed by atoms with Gasteiger partial charge in [0.25, 0.3) is 0 Å². The van der Waals surface area contributed by atoms with Crippen LogP contribution in [0.25, 0.3) is 0 Å². The monoisotopic (exact) mass is 392 g/mol. The second-order valence-electron chi connectivity index (χ2n) is 7.85. The van der Waals surface area contributed by atoms with E-state index in [1.807, 2.05) is 19.1 Å². The molecule has 4 rings (SSSR count). The van der Waals surface area contributed by atoms with E-state index in [2.05, 4.69) is 10.9 Å². The number of fused-ring (bicyclic) bond motifs is 1. The Morgan fingerprint density at radius 3 is 2.41 bits per heavy atom. The molecule has 2 N–H and O–H groups in total. The first-order valence-corrected chi connectivity index (χ1v) is 11.3. The van der Waals surface area contributed by atoms with E-state index < -0.39 is 10.0 Å². The molecule has 2 aliphatic heterocycles. The number of hydrogen-bond acceptors (Lipinski definition) is 5. The molecule has 27 heavy (non-hydrogen) atoms. The summed E-state index contributed by atoms with van der Waals surface area (Å²) >= 11 is 0. The number of benzene rings is 1. The van der Waals surface area contributed by atoms with Crippen LogP contribution in [-0.4, -0.2) is 61.8 Å². The highest BCUT2D eigenvalue weighted by Crippen LogP contribution is 2.26. The van der Waals surface area contributed by atoms with Gasteiger partial charge in [-0.05, 0) is 62.3 Å². The molecule has 2 atom stereocenters. The standard InChI is InChI=1S/C19H28N4O3S/c1-14-12-18(21-20-14)19(24)22-8-10-23(11-9-22)27(25,26)17-7-6-15-4-2-3-5-16(15)13-17/h6-7,13-14,18,20-21H,2-5,8-12H2,1H3. The van der Waals surface area contributed by atoms with E-state index in [1.54, 1.807) is 11.0 Å². The molecule has 1 amide bonds. The number of nitrogens with one attached hydrogen (secondary N) is 2. The lowest BCUT2D eigenvalue weighted by Crippen LogP contribution is -2.54. The summed E-state index contributed by atoms with van der Waals surface area (Å²) in [7, 11) is -3.51. The van der Waals surface area contributed by atoms with Gasteiger partial charge >= 0.3 is 0 Å². The third kappa shape index (κ3) is 3.76. The molecular formula is C19H28N4O3S. The van der Waals surface area contributed by atoms with Gasteiger partial charge in [-0.25, -0.2) is 13.8 Å². The average Bonchev–Trinajstić information content (AvgIpc) is 3.13. The summed E-state index contributed by atoms with van der Waals surface area (Å²) in [5.41, 5.74) is 8.54. The van der Waals surface area contributed by atoms with Crippen LogP contribution in [0.5, 0.6) is 0 Å². The molecule has 1 aromatic carbocycles. The lowest BCUT2D eigenvalue weighted by molar-refractivity contribution is -0.134. The number of aryl methyl sites for hydroxylation is 2. The van der Waals surface area contributed by atoms with Crippen molar-refractivity contribution in [3.63, 3.8) is 0 Å². The summed E-state index contributed by atoms with van der Waals surface area (Å²) < 4.78 is 27.6. The van der Waals surface area contributed by atoms with Crippen molar-refractivity contribution in [2.45, 2.75) is 56.0 Å². The molecule has 0 saturated carbocycles. The van der Waals surface area contributed by atoms with E-state index >= 15 is 0 Å². The van der Waals surface area contributed by atoms with Crippen LogP contribution in [0.15, 0.2) is 23.1 Å². The topological polar surface area (TPSA) is 81.8 Å². The summed E-state index contributed by atoms with van der Waals surface area (Å²) in [6.45, 7) is 3.61. The number of amides is 1. The minimum Gasteiger partial charge on any atom is -0.339 e. The zero-order chi connectivity index (χ0) is 19.0. The van der Waals surface area contributed by atoms with E-state index in [0.29, 0.717) is 31.1 Å². The fourth-order valence-electron chi connectivity index (χ4n) is 4.27. The molecule has 3 aliphatic rings. The van der Waals surface area contributed by atoms with Crippen LogP contribution in [0.3, 0.4) is 0 Å². The van der Waals surface area contributed by atoms with Gasteiger partial charge in [0.2, 0.25) is 15.9 Å². The Kier molecular flexibility index (Phi) is 5.24. The highest BCUT2D eigenvalue weighted by molar-refractivity contribution is 7.89. The predicted molar refractivity (Wildman–Crippen MR) is 103 cm³/mol. The maximum Gasteiger partial charge on any atom is 0.243 e. The fourth-order valence-corrected chi connectivity index (χ4v) is 5.74. The van der Waals surface area contributed by atoms with E-state index in [0.717, 1.165) is 25.7 Å². The van der Waals surface area contributed by atoms with Crippen molar-refractivity contribution in [2.75, 3.05) is 26.2 Å². The quantitative estimate of drug-likeness (QED) is 0.790. The molecule has 7 nitrogen and oxygen atoms in total. The van der Waals surface area contributed by atoms with Gasteiger partial charge in [0.15, 0.2) is 0 Å². The molecule has 2 saturated heterocycles. The Morgan fingerprint density at radius 1 is 1.04 bits per heavy atom. The molecule has 0 aromatic heterocycles. The van der Waals surface area contributed by atoms with Gasteiger partial charge in [0.05, 0.1) is 4.90 Å². The Balaban J connectivity index is 1.42. The van der Waals surface area contributed by atoms with Gasteiger partial charge in [-0.1, -0.05) is 6.07 Å². The van der Waals surface area contributed by atoms with E-state index in [1.165, 1.54) is 21.9 Å². The van der Waals surface area contributed by atoms with Crippen LogP contribution in [-0.2, 0) is 27.7 Å². The van der Waals surface area contributed by atoms with Crippen molar-refractivity contribution in [1.82, 2.24) is 20.1 Å². The van der Waals surface area contributed by atoms with Crippen LogP contribution in [0.1, 0.15) is 37.3 Å². The van der Waals surface area contributed by atoms with E-state index in [4.69, 9.17) is 0 Å². The molecular weight excluding hydrogens is 364 g/mol. The zero-order valence-electron chi connectivity index (χ0n) is 15.8. The normalized spacial score (nSPS) is 26.8. The second-order valence-corrected chi connectivity index (χ2v) is 9.78. The molecule has 2 unspecified atom stereocenters. The van der Waals surface area contributed by atoms with Crippen LogP contribution in [0.2, 0.25) is 0 Å². The fraction of sp³-hybridized carbons (Fsp3) is 0.632. The summed E-state index contributed by atoms with van der Waals surface area (Å²) in [6.07, 6.45) is 5.06. The van der Waals surface area contributed by atoms with Gasteiger partial charge < -0.3 is 4.90 Å². The predicted octanol–water partition coefficient (Wildman–Crippen LogP) is 0.653.